The molecule has 0 amide bonds. The maximum Gasteiger partial charge on any atom is 0.258 e. The Balaban J connectivity index is 1.58. The predicted molar refractivity (Wildman–Crippen MR) is 127 cm³/mol. The Morgan fingerprint density at radius 2 is 1.97 bits per heavy atom. The molecule has 1 aliphatic rings. The number of ether oxygens (including phenoxy) is 2. The van der Waals surface area contributed by atoms with E-state index in [0.717, 1.165) is 35.5 Å². The molecule has 2 aromatic carbocycles. The Hall–Kier alpha value is -3.16. The molecule has 0 spiro atoms. The molecule has 1 N–H and O–H groups in total. The van der Waals surface area contributed by atoms with E-state index in [1.165, 1.54) is 16.0 Å². The topological polar surface area (TPSA) is 67.5 Å². The summed E-state index contributed by atoms with van der Waals surface area (Å²) in [6.07, 6.45) is 0.883. The number of aryl methyl sites for hydroxylation is 1. The summed E-state index contributed by atoms with van der Waals surface area (Å²) < 4.78 is 11.1. The molecule has 6 nitrogen and oxygen atoms in total. The summed E-state index contributed by atoms with van der Waals surface area (Å²) in [5, 5.41) is 2.73. The highest BCUT2D eigenvalue weighted by Gasteiger charge is 2.31. The number of para-hydroxylation sites is 1. The lowest BCUT2D eigenvalue weighted by atomic mass is 9.91. The fraction of sp³-hybridized carbons (Fsp3) is 0.280. The number of thiophene rings is 1. The molecule has 0 aliphatic carbocycles. The van der Waals surface area contributed by atoms with Crippen LogP contribution in [0.1, 0.15) is 33.4 Å². The van der Waals surface area contributed by atoms with Crippen molar-refractivity contribution in [2.24, 2.45) is 0 Å². The van der Waals surface area contributed by atoms with Gasteiger partial charge in [0.1, 0.15) is 5.82 Å². The van der Waals surface area contributed by atoms with Gasteiger partial charge in [-0.1, -0.05) is 18.2 Å². The number of nitrogens with zero attached hydrogens (tertiary/aromatic N) is 2. The van der Waals surface area contributed by atoms with Crippen LogP contribution in [0, 0.1) is 6.92 Å². The van der Waals surface area contributed by atoms with Crippen molar-refractivity contribution in [1.29, 1.82) is 0 Å². The maximum atomic E-state index is 12.7. The van der Waals surface area contributed by atoms with Gasteiger partial charge in [-0.05, 0) is 59.7 Å². The number of benzene rings is 2. The number of methoxy groups -OCH3 is 2. The molecule has 2 aromatic heterocycles. The van der Waals surface area contributed by atoms with E-state index in [2.05, 4.69) is 39.5 Å². The second-order valence-electron chi connectivity index (χ2n) is 8.03. The second-order valence-corrected chi connectivity index (χ2v) is 9.01. The molecular formula is C25H25N3O3S. The highest BCUT2D eigenvalue weighted by Crippen LogP contribution is 2.42. The second kappa shape index (κ2) is 8.41. The van der Waals surface area contributed by atoms with Crippen molar-refractivity contribution in [2.75, 3.05) is 20.8 Å². The van der Waals surface area contributed by atoms with Crippen LogP contribution in [0.5, 0.6) is 11.5 Å². The molecule has 164 valence electrons. The average Bonchev–Trinajstić information content (AvgIpc) is 3.33. The van der Waals surface area contributed by atoms with Crippen LogP contribution in [0.3, 0.4) is 0 Å². The normalized spacial score (nSPS) is 16.2. The zero-order valence-electron chi connectivity index (χ0n) is 18.3. The fourth-order valence-corrected chi connectivity index (χ4v) is 5.44. The third-order valence-corrected chi connectivity index (χ3v) is 7.05. The van der Waals surface area contributed by atoms with Crippen molar-refractivity contribution in [2.45, 2.75) is 25.9 Å². The first kappa shape index (κ1) is 20.7. The number of fused-ring (bicyclic) bond motifs is 2. The molecule has 0 saturated heterocycles. The smallest absolute Gasteiger partial charge is 0.258 e. The molecule has 1 unspecified atom stereocenters. The predicted octanol–water partition coefficient (Wildman–Crippen LogP) is 4.46. The van der Waals surface area contributed by atoms with Crippen molar-refractivity contribution in [3.63, 3.8) is 0 Å². The van der Waals surface area contributed by atoms with Crippen LogP contribution in [0.15, 0.2) is 52.6 Å². The highest BCUT2D eigenvalue weighted by molar-refractivity contribution is 7.10. The zero-order valence-corrected chi connectivity index (χ0v) is 19.2. The summed E-state index contributed by atoms with van der Waals surface area (Å²) in [5.41, 5.74) is 4.14. The standard InChI is InChI=1S/C25H25N3O3S/c1-15-6-4-7-17-23(15)26-22(27-25(17)29)14-28-10-9-16-12-19(30-2)20(31-3)13-18(16)24(28)21-8-5-11-32-21/h4-8,11-13,24H,9-10,14H2,1-3H3,(H,26,27,29). The van der Waals surface area contributed by atoms with Crippen LogP contribution in [-0.2, 0) is 13.0 Å². The monoisotopic (exact) mass is 447 g/mol. The summed E-state index contributed by atoms with van der Waals surface area (Å²) in [7, 11) is 3.33. The van der Waals surface area contributed by atoms with E-state index in [4.69, 9.17) is 14.5 Å². The Morgan fingerprint density at radius 1 is 1.16 bits per heavy atom. The van der Waals surface area contributed by atoms with E-state index < -0.39 is 0 Å². The van der Waals surface area contributed by atoms with Gasteiger partial charge in [0.25, 0.3) is 5.56 Å². The molecule has 4 aromatic rings. The van der Waals surface area contributed by atoms with E-state index in [9.17, 15) is 4.79 Å². The minimum Gasteiger partial charge on any atom is -0.493 e. The van der Waals surface area contributed by atoms with Crippen molar-refractivity contribution in [1.82, 2.24) is 14.9 Å². The van der Waals surface area contributed by atoms with Gasteiger partial charge in [-0.25, -0.2) is 4.98 Å². The van der Waals surface area contributed by atoms with E-state index in [-0.39, 0.29) is 11.6 Å². The molecule has 1 aliphatic heterocycles. The van der Waals surface area contributed by atoms with Gasteiger partial charge in [0.2, 0.25) is 0 Å². The first-order valence-electron chi connectivity index (χ1n) is 10.6. The Bertz CT molecular complexity index is 1330. The summed E-state index contributed by atoms with van der Waals surface area (Å²) in [6, 6.07) is 14.2. The van der Waals surface area contributed by atoms with Gasteiger partial charge in [-0.15, -0.1) is 11.3 Å². The van der Waals surface area contributed by atoms with Gasteiger partial charge in [0, 0.05) is 11.4 Å². The average molecular weight is 448 g/mol. The third-order valence-electron chi connectivity index (χ3n) is 6.13. The van der Waals surface area contributed by atoms with Gasteiger partial charge < -0.3 is 14.5 Å². The molecule has 7 heteroatoms. The minimum absolute atomic E-state index is 0.0522. The highest BCUT2D eigenvalue weighted by atomic mass is 32.1. The lowest BCUT2D eigenvalue weighted by Gasteiger charge is -2.37. The van der Waals surface area contributed by atoms with E-state index in [0.29, 0.717) is 17.8 Å². The quantitative estimate of drug-likeness (QED) is 0.489. The molecule has 1 atom stereocenters. The number of aromatic nitrogens is 2. The molecule has 32 heavy (non-hydrogen) atoms. The number of nitrogens with one attached hydrogen (secondary N) is 1. The van der Waals surface area contributed by atoms with Gasteiger partial charge in [-0.2, -0.15) is 0 Å². The zero-order chi connectivity index (χ0) is 22.2. The van der Waals surface area contributed by atoms with Crippen LogP contribution in [0.2, 0.25) is 0 Å². The molecule has 0 radical (unpaired) electrons. The van der Waals surface area contributed by atoms with Gasteiger partial charge in [0.15, 0.2) is 11.5 Å². The van der Waals surface area contributed by atoms with Gasteiger partial charge in [-0.3, -0.25) is 9.69 Å². The Kier molecular flexibility index (Phi) is 5.45. The lowest BCUT2D eigenvalue weighted by Crippen LogP contribution is -2.36. The summed E-state index contributed by atoms with van der Waals surface area (Å²) in [4.78, 5) is 24.2. The van der Waals surface area contributed by atoms with Gasteiger partial charge >= 0.3 is 0 Å². The van der Waals surface area contributed by atoms with E-state index >= 15 is 0 Å². The van der Waals surface area contributed by atoms with E-state index in [1.54, 1.807) is 25.6 Å². The minimum atomic E-state index is -0.0924. The lowest BCUT2D eigenvalue weighted by molar-refractivity contribution is 0.201. The van der Waals surface area contributed by atoms with E-state index in [1.807, 2.05) is 25.1 Å². The van der Waals surface area contributed by atoms with Gasteiger partial charge in [0.05, 0.1) is 37.7 Å². The van der Waals surface area contributed by atoms with Crippen LogP contribution >= 0.6 is 11.3 Å². The fourth-order valence-electron chi connectivity index (χ4n) is 4.57. The summed E-state index contributed by atoms with van der Waals surface area (Å²) >= 11 is 1.73. The largest absolute Gasteiger partial charge is 0.493 e. The number of aromatic amines is 1. The van der Waals surface area contributed by atoms with Crippen molar-refractivity contribution in [3.05, 3.63) is 85.6 Å². The molecule has 5 rings (SSSR count). The van der Waals surface area contributed by atoms with Crippen LogP contribution in [0.4, 0.5) is 0 Å². The number of H-pyrrole nitrogens is 1. The van der Waals surface area contributed by atoms with Crippen molar-refractivity contribution in [3.8, 4) is 11.5 Å². The number of hydrogen-bond acceptors (Lipinski definition) is 6. The Labute approximate surface area is 190 Å². The van der Waals surface area contributed by atoms with Crippen molar-refractivity contribution < 1.29 is 9.47 Å². The van der Waals surface area contributed by atoms with Crippen LogP contribution < -0.4 is 15.0 Å². The molecular weight excluding hydrogens is 422 g/mol. The SMILES string of the molecule is COc1cc2c(cc1OC)C(c1cccs1)N(Cc1nc3c(C)cccc3c(=O)[nH]1)CC2. The summed E-state index contributed by atoms with van der Waals surface area (Å²) in [5.74, 6) is 2.16. The summed E-state index contributed by atoms with van der Waals surface area (Å²) in [6.45, 7) is 3.39. The number of hydrogen-bond donors (Lipinski definition) is 1. The van der Waals surface area contributed by atoms with Crippen LogP contribution in [0.25, 0.3) is 10.9 Å². The number of rotatable bonds is 5. The molecule has 3 heterocycles. The third kappa shape index (κ3) is 3.57. The Morgan fingerprint density at radius 3 is 2.72 bits per heavy atom. The first-order chi connectivity index (χ1) is 15.6. The molecule has 0 saturated carbocycles. The maximum absolute atomic E-state index is 12.7. The first-order valence-corrected chi connectivity index (χ1v) is 11.5. The molecule has 0 bridgehead atoms. The van der Waals surface area contributed by atoms with Crippen LogP contribution in [-0.4, -0.2) is 35.6 Å². The molecule has 0 fully saturated rings. The van der Waals surface area contributed by atoms with Crippen molar-refractivity contribution >= 4 is 22.2 Å².